The summed E-state index contributed by atoms with van der Waals surface area (Å²) in [5.74, 6) is -0.143. The van der Waals surface area contributed by atoms with Crippen LogP contribution in [0.3, 0.4) is 0 Å². The number of nitrogens with one attached hydrogen (secondary N) is 1. The molecular weight excluding hydrogens is 314 g/mol. The molecular formula is C17H18ClN3O2. The van der Waals surface area contributed by atoms with E-state index in [2.05, 4.69) is 10.3 Å². The summed E-state index contributed by atoms with van der Waals surface area (Å²) in [5.41, 5.74) is 1.47. The predicted molar refractivity (Wildman–Crippen MR) is 87.3 cm³/mol. The van der Waals surface area contributed by atoms with Gasteiger partial charge in [-0.3, -0.25) is 14.6 Å². The molecule has 2 aliphatic rings. The van der Waals surface area contributed by atoms with Crippen molar-refractivity contribution in [2.24, 2.45) is 11.3 Å². The molecule has 2 amide bonds. The molecule has 1 N–H and O–H groups in total. The summed E-state index contributed by atoms with van der Waals surface area (Å²) < 4.78 is 0. The predicted octanol–water partition coefficient (Wildman–Crippen LogP) is 2.66. The van der Waals surface area contributed by atoms with Gasteiger partial charge in [0, 0.05) is 41.7 Å². The fourth-order valence-corrected chi connectivity index (χ4v) is 3.43. The van der Waals surface area contributed by atoms with Crippen molar-refractivity contribution in [3.05, 3.63) is 52.6 Å². The number of aromatic nitrogens is 1. The third kappa shape index (κ3) is 2.55. The maximum absolute atomic E-state index is 12.4. The highest BCUT2D eigenvalue weighted by Crippen LogP contribution is 2.49. The monoisotopic (exact) mass is 331 g/mol. The van der Waals surface area contributed by atoms with Gasteiger partial charge in [0.25, 0.3) is 5.91 Å². The van der Waals surface area contributed by atoms with Crippen LogP contribution in [0.4, 0.5) is 0 Å². The lowest BCUT2D eigenvalue weighted by atomic mass is 9.76. The highest BCUT2D eigenvalue weighted by molar-refractivity contribution is 6.30. The number of rotatable bonds is 2. The molecule has 1 unspecified atom stereocenters. The standard InChI is InChI=1S/C17H18ClN3O2/c1-17(2)11-8-12(18)13(9-14(11)21(3)16(17)23)20-15(22)10-4-6-19-7-5-10/h4-7,9,11H,8H2,1-3H3,(H,20,22). The molecule has 1 atom stereocenters. The molecule has 2 heterocycles. The number of likely N-dealkylation sites (tertiary alicyclic amines) is 1. The lowest BCUT2D eigenvalue weighted by Gasteiger charge is -2.27. The summed E-state index contributed by atoms with van der Waals surface area (Å²) in [6.07, 6.45) is 5.48. The van der Waals surface area contributed by atoms with Gasteiger partial charge in [-0.05, 0) is 24.6 Å². The number of pyridine rings is 1. The number of nitrogens with zero attached hydrogens (tertiary/aromatic N) is 2. The third-order valence-corrected chi connectivity index (χ3v) is 4.99. The minimum absolute atomic E-state index is 0.0362. The van der Waals surface area contributed by atoms with Gasteiger partial charge in [0.2, 0.25) is 5.91 Å². The quantitative estimate of drug-likeness (QED) is 0.906. The minimum atomic E-state index is -0.485. The Hall–Kier alpha value is -2.14. The van der Waals surface area contributed by atoms with Crippen LogP contribution in [0.5, 0.6) is 0 Å². The minimum Gasteiger partial charge on any atom is -0.321 e. The topological polar surface area (TPSA) is 62.3 Å². The molecule has 23 heavy (non-hydrogen) atoms. The molecule has 0 aromatic carbocycles. The SMILES string of the molecule is CN1C(=O)C(C)(C)C2CC(Cl)=C(NC(=O)c3ccncc3)C=C21. The number of halogens is 1. The summed E-state index contributed by atoms with van der Waals surface area (Å²) in [4.78, 5) is 30.2. The molecule has 0 spiro atoms. The van der Waals surface area contributed by atoms with E-state index in [1.54, 1.807) is 36.5 Å². The Morgan fingerprint density at radius 3 is 2.70 bits per heavy atom. The smallest absolute Gasteiger partial charge is 0.255 e. The second kappa shape index (κ2) is 5.49. The van der Waals surface area contributed by atoms with Gasteiger partial charge >= 0.3 is 0 Å². The Kier molecular flexibility index (Phi) is 3.76. The van der Waals surface area contributed by atoms with E-state index in [4.69, 9.17) is 11.6 Å². The Bertz CT molecular complexity index is 737. The fourth-order valence-electron chi connectivity index (χ4n) is 3.18. The normalized spacial score (nSPS) is 22.8. The Balaban J connectivity index is 1.88. The van der Waals surface area contributed by atoms with E-state index in [0.29, 0.717) is 22.7 Å². The number of hydrogen-bond acceptors (Lipinski definition) is 3. The van der Waals surface area contributed by atoms with Gasteiger partial charge < -0.3 is 10.2 Å². The third-order valence-electron chi connectivity index (χ3n) is 4.63. The van der Waals surface area contributed by atoms with Crippen molar-refractivity contribution in [3.8, 4) is 0 Å². The zero-order valence-corrected chi connectivity index (χ0v) is 14.0. The molecule has 1 aromatic rings. The Morgan fingerprint density at radius 1 is 1.39 bits per heavy atom. The van der Waals surface area contributed by atoms with E-state index in [-0.39, 0.29) is 17.7 Å². The highest BCUT2D eigenvalue weighted by Gasteiger charge is 2.50. The van der Waals surface area contributed by atoms with Crippen molar-refractivity contribution in [1.82, 2.24) is 15.2 Å². The number of carbonyl (C=O) groups is 2. The first-order chi connectivity index (χ1) is 10.8. The van der Waals surface area contributed by atoms with Crippen LogP contribution in [0.2, 0.25) is 0 Å². The van der Waals surface area contributed by atoms with Crippen molar-refractivity contribution < 1.29 is 9.59 Å². The van der Waals surface area contributed by atoms with E-state index in [1.807, 2.05) is 19.9 Å². The molecule has 6 heteroatoms. The van der Waals surface area contributed by atoms with Crippen molar-refractivity contribution in [2.45, 2.75) is 20.3 Å². The first-order valence-corrected chi connectivity index (χ1v) is 7.80. The second-order valence-electron chi connectivity index (χ2n) is 6.42. The molecule has 5 nitrogen and oxygen atoms in total. The lowest BCUT2D eigenvalue weighted by Crippen LogP contribution is -2.30. The molecule has 0 saturated carbocycles. The highest BCUT2D eigenvalue weighted by atomic mass is 35.5. The molecule has 0 radical (unpaired) electrons. The summed E-state index contributed by atoms with van der Waals surface area (Å²) in [5, 5.41) is 3.39. The van der Waals surface area contributed by atoms with E-state index in [9.17, 15) is 9.59 Å². The first kappa shape index (κ1) is 15.7. The van der Waals surface area contributed by atoms with E-state index in [0.717, 1.165) is 5.70 Å². The van der Waals surface area contributed by atoms with Crippen LogP contribution in [-0.2, 0) is 4.79 Å². The van der Waals surface area contributed by atoms with Gasteiger partial charge in [-0.1, -0.05) is 25.4 Å². The lowest BCUT2D eigenvalue weighted by molar-refractivity contribution is -0.133. The van der Waals surface area contributed by atoms with Gasteiger partial charge in [-0.25, -0.2) is 0 Å². The van der Waals surface area contributed by atoms with Gasteiger partial charge in [-0.2, -0.15) is 0 Å². The van der Waals surface area contributed by atoms with Gasteiger partial charge in [0.15, 0.2) is 0 Å². The summed E-state index contributed by atoms with van der Waals surface area (Å²) >= 11 is 6.38. The first-order valence-electron chi connectivity index (χ1n) is 7.42. The van der Waals surface area contributed by atoms with Crippen LogP contribution in [0, 0.1) is 11.3 Å². The second-order valence-corrected chi connectivity index (χ2v) is 6.88. The molecule has 3 rings (SSSR count). The number of hydrogen-bond donors (Lipinski definition) is 1. The van der Waals surface area contributed by atoms with Gasteiger partial charge in [-0.15, -0.1) is 0 Å². The van der Waals surface area contributed by atoms with E-state index >= 15 is 0 Å². The zero-order chi connectivity index (χ0) is 16.8. The summed E-state index contributed by atoms with van der Waals surface area (Å²) in [7, 11) is 1.76. The van der Waals surface area contributed by atoms with Crippen LogP contribution in [-0.4, -0.2) is 28.7 Å². The molecule has 120 valence electrons. The largest absolute Gasteiger partial charge is 0.321 e. The molecule has 1 aliphatic carbocycles. The van der Waals surface area contributed by atoms with Crippen LogP contribution in [0.15, 0.2) is 47.0 Å². The molecule has 1 fully saturated rings. The maximum Gasteiger partial charge on any atom is 0.255 e. The molecule has 1 saturated heterocycles. The fraction of sp³-hybridized carbons (Fsp3) is 0.353. The van der Waals surface area contributed by atoms with Gasteiger partial charge in [0.05, 0.1) is 11.1 Å². The average Bonchev–Trinajstić information content (AvgIpc) is 2.70. The van der Waals surface area contributed by atoms with Crippen molar-refractivity contribution in [2.75, 3.05) is 7.05 Å². The maximum atomic E-state index is 12.4. The number of allylic oxidation sites excluding steroid dienone is 3. The molecule has 1 aromatic heterocycles. The molecule has 0 bridgehead atoms. The zero-order valence-electron chi connectivity index (χ0n) is 13.3. The van der Waals surface area contributed by atoms with Crippen molar-refractivity contribution in [1.29, 1.82) is 0 Å². The van der Waals surface area contributed by atoms with E-state index < -0.39 is 5.41 Å². The van der Waals surface area contributed by atoms with Crippen LogP contribution in [0.1, 0.15) is 30.6 Å². The van der Waals surface area contributed by atoms with Gasteiger partial charge in [0.1, 0.15) is 0 Å². The molecule has 1 aliphatic heterocycles. The van der Waals surface area contributed by atoms with Crippen molar-refractivity contribution in [3.63, 3.8) is 0 Å². The van der Waals surface area contributed by atoms with Crippen LogP contribution in [0.25, 0.3) is 0 Å². The number of carbonyl (C=O) groups excluding carboxylic acids is 2. The summed E-state index contributed by atoms with van der Waals surface area (Å²) in [6.45, 7) is 3.87. The van der Waals surface area contributed by atoms with Crippen LogP contribution >= 0.6 is 11.6 Å². The summed E-state index contributed by atoms with van der Waals surface area (Å²) in [6, 6.07) is 3.27. The average molecular weight is 332 g/mol. The van der Waals surface area contributed by atoms with Crippen molar-refractivity contribution >= 4 is 23.4 Å². The number of amides is 2. The number of fused-ring (bicyclic) bond motifs is 1. The van der Waals surface area contributed by atoms with Crippen LogP contribution < -0.4 is 5.32 Å². The Morgan fingerprint density at radius 2 is 2.04 bits per heavy atom. The Labute approximate surface area is 140 Å². The van der Waals surface area contributed by atoms with E-state index in [1.165, 1.54) is 0 Å².